The van der Waals surface area contributed by atoms with Crippen LogP contribution < -0.4 is 11.1 Å². The topological polar surface area (TPSA) is 126 Å². The minimum absolute atomic E-state index is 0.00120. The van der Waals surface area contributed by atoms with Gasteiger partial charge in [-0.25, -0.2) is 4.98 Å². The number of anilines is 1. The van der Waals surface area contributed by atoms with E-state index in [-0.39, 0.29) is 23.5 Å². The van der Waals surface area contributed by atoms with Crippen molar-refractivity contribution >= 4 is 23.5 Å². The third kappa shape index (κ3) is 4.49. The van der Waals surface area contributed by atoms with Gasteiger partial charge in [-0.1, -0.05) is 6.92 Å². The summed E-state index contributed by atoms with van der Waals surface area (Å²) in [5.41, 5.74) is 5.38. The van der Waals surface area contributed by atoms with Crippen LogP contribution in [0.15, 0.2) is 18.3 Å². The van der Waals surface area contributed by atoms with E-state index in [1.807, 2.05) is 0 Å². The Morgan fingerprint density at radius 1 is 1.18 bits per heavy atom. The third-order valence-corrected chi connectivity index (χ3v) is 5.91. The van der Waals surface area contributed by atoms with Gasteiger partial charge in [-0.05, 0) is 62.5 Å². The smallest absolute Gasteiger partial charge is 0.315 e. The van der Waals surface area contributed by atoms with Crippen LogP contribution in [0, 0.1) is 11.8 Å². The van der Waals surface area contributed by atoms with Crippen molar-refractivity contribution in [3.05, 3.63) is 23.9 Å². The highest BCUT2D eigenvalue weighted by Crippen LogP contribution is 2.35. The molecule has 0 aromatic carbocycles. The Balaban J connectivity index is 1.74. The van der Waals surface area contributed by atoms with Crippen molar-refractivity contribution in [2.24, 2.45) is 17.6 Å². The second-order valence-corrected chi connectivity index (χ2v) is 7.99. The number of carbonyl (C=O) groups is 3. The molecule has 2 atom stereocenters. The Labute approximate surface area is 164 Å². The Kier molecular flexibility index (Phi) is 6.28. The van der Waals surface area contributed by atoms with Crippen LogP contribution in [0.1, 0.15) is 55.8 Å². The quantitative estimate of drug-likeness (QED) is 0.673. The maximum atomic E-state index is 13.0. The van der Waals surface area contributed by atoms with Crippen molar-refractivity contribution in [3.63, 3.8) is 0 Å². The molecule has 4 N–H and O–H groups in total. The number of hydrogen-bond acceptors (Lipinski definition) is 5. The van der Waals surface area contributed by atoms with E-state index < -0.39 is 17.7 Å². The number of pyridine rings is 1. The summed E-state index contributed by atoms with van der Waals surface area (Å²) >= 11 is 0. The average Bonchev–Trinajstić information content (AvgIpc) is 2.68. The SMILES string of the molecule is C[C@H]1CC[C@H](C2CCC(O)CC2)N(C(=O)C(=O)Nc2ncccc2C(N)=O)C1. The van der Waals surface area contributed by atoms with Crippen molar-refractivity contribution in [1.82, 2.24) is 9.88 Å². The Hall–Kier alpha value is -2.48. The maximum Gasteiger partial charge on any atom is 0.315 e. The number of piperidine rings is 1. The number of nitrogens with one attached hydrogen (secondary N) is 1. The zero-order valence-corrected chi connectivity index (χ0v) is 16.1. The molecule has 152 valence electrons. The molecule has 0 unspecified atom stereocenters. The molecule has 3 amide bonds. The van der Waals surface area contributed by atoms with E-state index in [9.17, 15) is 19.5 Å². The summed E-state index contributed by atoms with van der Waals surface area (Å²) in [7, 11) is 0. The molecule has 8 heteroatoms. The average molecular weight is 388 g/mol. The monoisotopic (exact) mass is 388 g/mol. The third-order valence-electron chi connectivity index (χ3n) is 5.91. The summed E-state index contributed by atoms with van der Waals surface area (Å²) < 4.78 is 0. The van der Waals surface area contributed by atoms with Gasteiger partial charge in [0.25, 0.3) is 5.91 Å². The van der Waals surface area contributed by atoms with Gasteiger partial charge in [-0.2, -0.15) is 0 Å². The van der Waals surface area contributed by atoms with Crippen LogP contribution in [-0.2, 0) is 9.59 Å². The minimum atomic E-state index is -0.809. The van der Waals surface area contributed by atoms with Crippen LogP contribution in [0.2, 0.25) is 0 Å². The fraction of sp³-hybridized carbons (Fsp3) is 0.600. The second-order valence-electron chi connectivity index (χ2n) is 7.99. The van der Waals surface area contributed by atoms with E-state index >= 15 is 0 Å². The number of hydrogen-bond donors (Lipinski definition) is 3. The molecule has 1 aromatic heterocycles. The van der Waals surface area contributed by atoms with Crippen molar-refractivity contribution in [2.45, 2.75) is 57.6 Å². The fourth-order valence-electron chi connectivity index (χ4n) is 4.38. The summed E-state index contributed by atoms with van der Waals surface area (Å²) in [5, 5.41) is 12.2. The predicted molar refractivity (Wildman–Crippen MR) is 103 cm³/mol. The Morgan fingerprint density at radius 3 is 2.57 bits per heavy atom. The number of carbonyl (C=O) groups excluding carboxylic acids is 3. The minimum Gasteiger partial charge on any atom is -0.393 e. The van der Waals surface area contributed by atoms with Crippen molar-refractivity contribution in [2.75, 3.05) is 11.9 Å². The number of nitrogens with zero attached hydrogens (tertiary/aromatic N) is 2. The van der Waals surface area contributed by atoms with Crippen LogP contribution in [-0.4, -0.2) is 51.4 Å². The molecule has 2 fully saturated rings. The maximum absolute atomic E-state index is 13.0. The molecule has 3 rings (SSSR count). The van der Waals surface area contributed by atoms with Gasteiger partial charge in [-0.15, -0.1) is 0 Å². The molecule has 1 saturated heterocycles. The first kappa shape index (κ1) is 20.3. The van der Waals surface area contributed by atoms with Crippen LogP contribution in [0.4, 0.5) is 5.82 Å². The Bertz CT molecular complexity index is 745. The number of amides is 3. The molecule has 2 aliphatic rings. The molecule has 8 nitrogen and oxygen atoms in total. The molecule has 0 radical (unpaired) electrons. The molecule has 1 aromatic rings. The lowest BCUT2D eigenvalue weighted by Gasteiger charge is -2.44. The molecule has 1 aliphatic heterocycles. The summed E-state index contributed by atoms with van der Waals surface area (Å²) in [6.07, 6.45) is 6.23. The fourth-order valence-corrected chi connectivity index (χ4v) is 4.38. The summed E-state index contributed by atoms with van der Waals surface area (Å²) in [6, 6.07) is 2.99. The van der Waals surface area contributed by atoms with Gasteiger partial charge in [0.2, 0.25) is 0 Å². The lowest BCUT2D eigenvalue weighted by molar-refractivity contribution is -0.148. The van der Waals surface area contributed by atoms with Crippen molar-refractivity contribution in [1.29, 1.82) is 0 Å². The highest BCUT2D eigenvalue weighted by Gasteiger charge is 2.38. The highest BCUT2D eigenvalue weighted by atomic mass is 16.3. The zero-order valence-electron chi connectivity index (χ0n) is 16.1. The van der Waals surface area contributed by atoms with Gasteiger partial charge in [0.15, 0.2) is 0 Å². The number of primary amides is 1. The number of nitrogens with two attached hydrogens (primary N) is 1. The standard InChI is InChI=1S/C20H28N4O4/c1-12-4-9-16(13-5-7-14(25)8-6-13)24(11-12)20(28)19(27)23-18-15(17(21)26)3-2-10-22-18/h2-3,10,12-14,16,25H,4-9,11H2,1H3,(H2,21,26)(H,22,23,27)/t12-,13?,14?,16+/m0/s1. The van der Waals surface area contributed by atoms with Crippen molar-refractivity contribution in [3.8, 4) is 0 Å². The molecule has 1 aliphatic carbocycles. The van der Waals surface area contributed by atoms with E-state index in [4.69, 9.17) is 5.73 Å². The molecule has 0 spiro atoms. The van der Waals surface area contributed by atoms with E-state index in [2.05, 4.69) is 17.2 Å². The first-order chi connectivity index (χ1) is 13.4. The van der Waals surface area contributed by atoms with Gasteiger partial charge in [-0.3, -0.25) is 14.4 Å². The largest absolute Gasteiger partial charge is 0.393 e. The molecule has 1 saturated carbocycles. The molecule has 28 heavy (non-hydrogen) atoms. The van der Waals surface area contributed by atoms with E-state index in [0.29, 0.717) is 18.4 Å². The van der Waals surface area contributed by atoms with Crippen molar-refractivity contribution < 1.29 is 19.5 Å². The predicted octanol–water partition coefficient (Wildman–Crippen LogP) is 1.30. The summed E-state index contributed by atoms with van der Waals surface area (Å²) in [5.74, 6) is -1.53. The highest BCUT2D eigenvalue weighted by molar-refractivity contribution is 6.39. The van der Waals surface area contributed by atoms with Crippen LogP contribution >= 0.6 is 0 Å². The van der Waals surface area contributed by atoms with Gasteiger partial charge in [0, 0.05) is 18.8 Å². The number of aliphatic hydroxyl groups is 1. The van der Waals surface area contributed by atoms with Crippen LogP contribution in [0.3, 0.4) is 0 Å². The summed E-state index contributed by atoms with van der Waals surface area (Å²) in [4.78, 5) is 42.8. The molecule has 2 heterocycles. The lowest BCUT2D eigenvalue weighted by atomic mass is 9.77. The van der Waals surface area contributed by atoms with E-state index in [1.165, 1.54) is 18.3 Å². The molecular formula is C20H28N4O4. The number of aromatic nitrogens is 1. The van der Waals surface area contributed by atoms with E-state index in [1.54, 1.807) is 4.90 Å². The first-order valence-corrected chi connectivity index (χ1v) is 9.91. The number of aliphatic hydroxyl groups excluding tert-OH is 1. The molecular weight excluding hydrogens is 360 g/mol. The lowest BCUT2D eigenvalue weighted by Crippen LogP contribution is -2.53. The molecule has 0 bridgehead atoms. The Morgan fingerprint density at radius 2 is 1.89 bits per heavy atom. The van der Waals surface area contributed by atoms with E-state index in [0.717, 1.165) is 38.5 Å². The number of likely N-dealkylation sites (tertiary alicyclic amines) is 1. The van der Waals surface area contributed by atoms with Gasteiger partial charge < -0.3 is 21.1 Å². The second kappa shape index (κ2) is 8.68. The normalized spacial score (nSPS) is 27.9. The van der Waals surface area contributed by atoms with Gasteiger partial charge in [0.1, 0.15) is 5.82 Å². The summed E-state index contributed by atoms with van der Waals surface area (Å²) in [6.45, 7) is 2.60. The first-order valence-electron chi connectivity index (χ1n) is 9.91. The van der Waals surface area contributed by atoms with Gasteiger partial charge in [0.05, 0.1) is 11.7 Å². The van der Waals surface area contributed by atoms with Crippen LogP contribution in [0.25, 0.3) is 0 Å². The van der Waals surface area contributed by atoms with Gasteiger partial charge >= 0.3 is 11.8 Å². The zero-order chi connectivity index (χ0) is 20.3. The number of rotatable bonds is 3. The van der Waals surface area contributed by atoms with Crippen LogP contribution in [0.5, 0.6) is 0 Å².